The van der Waals surface area contributed by atoms with Crippen LogP contribution in [0.2, 0.25) is 0 Å². The van der Waals surface area contributed by atoms with E-state index in [2.05, 4.69) is 0 Å². The van der Waals surface area contributed by atoms with Crippen molar-refractivity contribution in [1.29, 1.82) is 0 Å². The Morgan fingerprint density at radius 3 is 2.47 bits per heavy atom. The first-order valence-electron chi connectivity index (χ1n) is 6.08. The van der Waals surface area contributed by atoms with Crippen LogP contribution in [-0.2, 0) is 12.0 Å². The molecular formula is C15H13F2NO. The number of nitrogen functional groups attached to an aromatic ring is 1. The summed E-state index contributed by atoms with van der Waals surface area (Å²) in [5.74, 6) is -1.46. The summed E-state index contributed by atoms with van der Waals surface area (Å²) in [5, 5.41) is 10.7. The molecule has 0 aliphatic heterocycles. The molecule has 0 amide bonds. The van der Waals surface area contributed by atoms with Crippen molar-refractivity contribution >= 4 is 5.69 Å². The van der Waals surface area contributed by atoms with Gasteiger partial charge in [0.1, 0.15) is 17.2 Å². The van der Waals surface area contributed by atoms with E-state index in [0.29, 0.717) is 17.7 Å². The van der Waals surface area contributed by atoms with Crippen molar-refractivity contribution < 1.29 is 13.9 Å². The maximum atomic E-state index is 13.9. The molecule has 1 aliphatic rings. The summed E-state index contributed by atoms with van der Waals surface area (Å²) in [6.07, 6.45) is 0.800. The van der Waals surface area contributed by atoms with Crippen LogP contribution in [0.4, 0.5) is 14.5 Å². The highest BCUT2D eigenvalue weighted by Crippen LogP contribution is 2.44. The fourth-order valence-corrected chi connectivity index (χ4v) is 2.83. The molecule has 0 bridgehead atoms. The van der Waals surface area contributed by atoms with E-state index in [-0.39, 0.29) is 12.0 Å². The lowest BCUT2D eigenvalue weighted by Gasteiger charge is -2.25. The van der Waals surface area contributed by atoms with Crippen LogP contribution in [0.1, 0.15) is 23.1 Å². The Kier molecular flexibility index (Phi) is 2.57. The molecule has 3 N–H and O–H groups in total. The van der Waals surface area contributed by atoms with Gasteiger partial charge in [0.05, 0.1) is 5.56 Å². The zero-order valence-corrected chi connectivity index (χ0v) is 10.2. The van der Waals surface area contributed by atoms with Crippen LogP contribution in [0.25, 0.3) is 0 Å². The number of nitrogens with two attached hydrogens (primary N) is 1. The van der Waals surface area contributed by atoms with Gasteiger partial charge < -0.3 is 10.8 Å². The van der Waals surface area contributed by atoms with Gasteiger partial charge in [-0.2, -0.15) is 0 Å². The highest BCUT2D eigenvalue weighted by atomic mass is 19.1. The van der Waals surface area contributed by atoms with Crippen molar-refractivity contribution in [2.75, 3.05) is 5.73 Å². The van der Waals surface area contributed by atoms with Gasteiger partial charge in [0.15, 0.2) is 0 Å². The van der Waals surface area contributed by atoms with E-state index in [1.54, 1.807) is 18.2 Å². The van der Waals surface area contributed by atoms with Gasteiger partial charge in [-0.1, -0.05) is 12.1 Å². The van der Waals surface area contributed by atoms with E-state index < -0.39 is 17.2 Å². The maximum Gasteiger partial charge on any atom is 0.132 e. The summed E-state index contributed by atoms with van der Waals surface area (Å²) in [5.41, 5.74) is 5.75. The average Bonchev–Trinajstić information content (AvgIpc) is 2.67. The van der Waals surface area contributed by atoms with Crippen LogP contribution in [0, 0.1) is 11.6 Å². The standard InChI is InChI=1S/C15H13F2NO/c16-12-2-1-3-13(17)14(12)15(19)7-6-9-8-10(18)4-5-11(9)15/h1-5,8,19H,6-7,18H2. The zero-order chi connectivity index (χ0) is 13.6. The molecular weight excluding hydrogens is 248 g/mol. The molecule has 0 fully saturated rings. The number of rotatable bonds is 1. The van der Waals surface area contributed by atoms with E-state index in [1.165, 1.54) is 6.07 Å². The quantitative estimate of drug-likeness (QED) is 0.775. The fourth-order valence-electron chi connectivity index (χ4n) is 2.83. The first-order chi connectivity index (χ1) is 9.02. The summed E-state index contributed by atoms with van der Waals surface area (Å²) >= 11 is 0. The topological polar surface area (TPSA) is 46.2 Å². The Bertz CT molecular complexity index is 636. The number of benzene rings is 2. The van der Waals surface area contributed by atoms with Crippen molar-refractivity contribution in [3.8, 4) is 0 Å². The molecule has 1 aliphatic carbocycles. The highest BCUT2D eigenvalue weighted by Gasteiger charge is 2.42. The van der Waals surface area contributed by atoms with E-state index in [4.69, 9.17) is 5.73 Å². The van der Waals surface area contributed by atoms with Gasteiger partial charge in [-0.3, -0.25) is 0 Å². The second-order valence-corrected chi connectivity index (χ2v) is 4.87. The molecule has 0 saturated carbocycles. The predicted molar refractivity (Wildman–Crippen MR) is 68.5 cm³/mol. The second kappa shape index (κ2) is 4.03. The van der Waals surface area contributed by atoms with Crippen molar-refractivity contribution in [2.24, 2.45) is 0 Å². The Hall–Kier alpha value is -1.94. The number of aryl methyl sites for hydroxylation is 1. The lowest BCUT2D eigenvalue weighted by atomic mass is 9.87. The minimum absolute atomic E-state index is 0.254. The summed E-state index contributed by atoms with van der Waals surface area (Å²) in [6, 6.07) is 8.62. The Labute approximate surface area is 109 Å². The molecule has 0 radical (unpaired) electrons. The highest BCUT2D eigenvalue weighted by molar-refractivity contribution is 5.52. The molecule has 98 valence electrons. The van der Waals surface area contributed by atoms with Gasteiger partial charge in [-0.15, -0.1) is 0 Å². The smallest absolute Gasteiger partial charge is 0.132 e. The van der Waals surface area contributed by atoms with Gasteiger partial charge in [0.2, 0.25) is 0 Å². The van der Waals surface area contributed by atoms with Crippen LogP contribution >= 0.6 is 0 Å². The molecule has 0 heterocycles. The minimum atomic E-state index is -1.61. The average molecular weight is 261 g/mol. The summed E-state index contributed by atoms with van der Waals surface area (Å²) in [7, 11) is 0. The van der Waals surface area contributed by atoms with Crippen LogP contribution in [-0.4, -0.2) is 5.11 Å². The Morgan fingerprint density at radius 1 is 1.11 bits per heavy atom. The molecule has 1 unspecified atom stereocenters. The fraction of sp³-hybridized carbons (Fsp3) is 0.200. The molecule has 0 spiro atoms. The number of aliphatic hydroxyl groups is 1. The number of hydrogen-bond donors (Lipinski definition) is 2. The van der Waals surface area contributed by atoms with E-state index >= 15 is 0 Å². The van der Waals surface area contributed by atoms with Crippen LogP contribution in [0.5, 0.6) is 0 Å². The molecule has 3 rings (SSSR count). The summed E-state index contributed by atoms with van der Waals surface area (Å²) < 4.78 is 27.8. The third kappa shape index (κ3) is 1.71. The van der Waals surface area contributed by atoms with E-state index in [0.717, 1.165) is 17.7 Å². The number of halogens is 2. The third-order valence-electron chi connectivity index (χ3n) is 3.71. The summed E-state index contributed by atoms with van der Waals surface area (Å²) in [4.78, 5) is 0. The van der Waals surface area contributed by atoms with E-state index in [1.807, 2.05) is 0 Å². The van der Waals surface area contributed by atoms with Gasteiger partial charge in [0, 0.05) is 5.69 Å². The lowest BCUT2D eigenvalue weighted by molar-refractivity contribution is 0.0746. The minimum Gasteiger partial charge on any atom is -0.399 e. The van der Waals surface area contributed by atoms with Crippen molar-refractivity contribution in [3.05, 3.63) is 64.7 Å². The van der Waals surface area contributed by atoms with Gasteiger partial charge in [0.25, 0.3) is 0 Å². The molecule has 2 aromatic carbocycles. The lowest BCUT2D eigenvalue weighted by Crippen LogP contribution is -2.27. The molecule has 1 atom stereocenters. The Morgan fingerprint density at radius 2 is 1.79 bits per heavy atom. The summed E-state index contributed by atoms with van der Waals surface area (Å²) in [6.45, 7) is 0. The van der Waals surface area contributed by atoms with Gasteiger partial charge in [-0.05, 0) is 48.2 Å². The maximum absolute atomic E-state index is 13.9. The SMILES string of the molecule is Nc1ccc2c(c1)CCC2(O)c1c(F)cccc1F. The molecule has 2 aromatic rings. The zero-order valence-electron chi connectivity index (χ0n) is 10.2. The van der Waals surface area contributed by atoms with Crippen molar-refractivity contribution in [2.45, 2.75) is 18.4 Å². The monoisotopic (exact) mass is 261 g/mol. The predicted octanol–water partition coefficient (Wildman–Crippen LogP) is 2.73. The van der Waals surface area contributed by atoms with Gasteiger partial charge >= 0.3 is 0 Å². The van der Waals surface area contributed by atoms with E-state index in [9.17, 15) is 13.9 Å². The first kappa shape index (κ1) is 12.1. The normalized spacial score (nSPS) is 21.4. The van der Waals surface area contributed by atoms with Crippen LogP contribution in [0.15, 0.2) is 36.4 Å². The number of hydrogen-bond acceptors (Lipinski definition) is 2. The molecule has 0 aromatic heterocycles. The third-order valence-corrected chi connectivity index (χ3v) is 3.71. The molecule has 2 nitrogen and oxygen atoms in total. The van der Waals surface area contributed by atoms with Crippen molar-refractivity contribution in [1.82, 2.24) is 0 Å². The molecule has 19 heavy (non-hydrogen) atoms. The van der Waals surface area contributed by atoms with Crippen LogP contribution in [0.3, 0.4) is 0 Å². The van der Waals surface area contributed by atoms with Gasteiger partial charge in [-0.25, -0.2) is 8.78 Å². The van der Waals surface area contributed by atoms with Crippen molar-refractivity contribution in [3.63, 3.8) is 0 Å². The number of anilines is 1. The Balaban J connectivity index is 2.22. The second-order valence-electron chi connectivity index (χ2n) is 4.87. The van der Waals surface area contributed by atoms with Crippen LogP contribution < -0.4 is 5.73 Å². The first-order valence-corrected chi connectivity index (χ1v) is 6.08. The number of fused-ring (bicyclic) bond motifs is 1. The molecule has 0 saturated heterocycles. The molecule has 4 heteroatoms. The largest absolute Gasteiger partial charge is 0.399 e.